The van der Waals surface area contributed by atoms with Gasteiger partial charge in [-0.1, -0.05) is 53.0 Å². The van der Waals surface area contributed by atoms with Gasteiger partial charge in [0.1, 0.15) is 5.82 Å². The maximum atomic E-state index is 13.4. The minimum absolute atomic E-state index is 0.0611. The molecular formula is C22H19Cl2FN2O3S. The van der Waals surface area contributed by atoms with Crippen molar-refractivity contribution in [1.29, 1.82) is 0 Å². The van der Waals surface area contributed by atoms with Crippen molar-refractivity contribution in [3.8, 4) is 0 Å². The molecule has 0 saturated carbocycles. The van der Waals surface area contributed by atoms with Crippen molar-refractivity contribution < 1.29 is 17.6 Å². The average molecular weight is 481 g/mol. The minimum Gasteiger partial charge on any atom is -0.325 e. The maximum absolute atomic E-state index is 13.4. The van der Waals surface area contributed by atoms with Crippen LogP contribution in [0.3, 0.4) is 0 Å². The van der Waals surface area contributed by atoms with Gasteiger partial charge in [-0.05, 0) is 55.0 Å². The van der Waals surface area contributed by atoms with E-state index in [-0.39, 0.29) is 22.2 Å². The van der Waals surface area contributed by atoms with Gasteiger partial charge in [0, 0.05) is 17.3 Å². The smallest absolute Gasteiger partial charge is 0.243 e. The summed E-state index contributed by atoms with van der Waals surface area (Å²) < 4.78 is 40.9. The van der Waals surface area contributed by atoms with Crippen molar-refractivity contribution in [1.82, 2.24) is 4.31 Å². The van der Waals surface area contributed by atoms with Crippen molar-refractivity contribution in [3.63, 3.8) is 0 Å². The zero-order valence-electron chi connectivity index (χ0n) is 16.5. The van der Waals surface area contributed by atoms with E-state index in [2.05, 4.69) is 5.32 Å². The average Bonchev–Trinajstić information content (AvgIpc) is 2.70. The van der Waals surface area contributed by atoms with Crippen molar-refractivity contribution in [3.05, 3.63) is 93.7 Å². The number of benzene rings is 3. The topological polar surface area (TPSA) is 66.5 Å². The number of hydrogen-bond donors (Lipinski definition) is 1. The highest BCUT2D eigenvalue weighted by Gasteiger charge is 2.27. The van der Waals surface area contributed by atoms with Crippen LogP contribution in [-0.2, 0) is 21.4 Å². The Morgan fingerprint density at radius 1 is 1.03 bits per heavy atom. The van der Waals surface area contributed by atoms with Crippen LogP contribution in [-0.4, -0.2) is 25.2 Å². The molecule has 0 atom stereocenters. The molecular weight excluding hydrogens is 462 g/mol. The van der Waals surface area contributed by atoms with Gasteiger partial charge in [-0.2, -0.15) is 4.31 Å². The summed E-state index contributed by atoms with van der Waals surface area (Å²) >= 11 is 11.8. The summed E-state index contributed by atoms with van der Waals surface area (Å²) in [5.41, 5.74) is 1.79. The number of amides is 1. The SMILES string of the molecule is Cc1ccc(S(=O)(=O)N(CC(=O)Nc2ccc(F)c(Cl)c2)Cc2cccc(Cl)c2)cc1. The molecule has 0 aliphatic heterocycles. The largest absolute Gasteiger partial charge is 0.325 e. The molecule has 9 heteroatoms. The van der Waals surface area contributed by atoms with Crippen LogP contribution < -0.4 is 5.32 Å². The van der Waals surface area contributed by atoms with E-state index in [4.69, 9.17) is 23.2 Å². The fourth-order valence-electron chi connectivity index (χ4n) is 2.86. The molecule has 1 N–H and O–H groups in total. The van der Waals surface area contributed by atoms with Gasteiger partial charge in [-0.15, -0.1) is 0 Å². The quantitative estimate of drug-likeness (QED) is 0.500. The molecule has 3 aromatic carbocycles. The van der Waals surface area contributed by atoms with E-state index in [1.807, 2.05) is 6.92 Å². The van der Waals surface area contributed by atoms with Crippen LogP contribution in [0.5, 0.6) is 0 Å². The highest BCUT2D eigenvalue weighted by atomic mass is 35.5. The molecule has 3 aromatic rings. The molecule has 0 aromatic heterocycles. The number of carbonyl (C=O) groups excluding carboxylic acids is 1. The Morgan fingerprint density at radius 2 is 1.74 bits per heavy atom. The monoisotopic (exact) mass is 480 g/mol. The highest BCUT2D eigenvalue weighted by molar-refractivity contribution is 7.89. The summed E-state index contributed by atoms with van der Waals surface area (Å²) in [6, 6.07) is 16.8. The number of rotatable bonds is 7. The van der Waals surface area contributed by atoms with Gasteiger partial charge in [-0.3, -0.25) is 4.79 Å². The third-order valence-corrected chi connectivity index (χ3v) is 6.76. The highest BCUT2D eigenvalue weighted by Crippen LogP contribution is 2.22. The maximum Gasteiger partial charge on any atom is 0.243 e. The van der Waals surface area contributed by atoms with Gasteiger partial charge in [0.25, 0.3) is 0 Å². The van der Waals surface area contributed by atoms with Crippen molar-refractivity contribution in [2.24, 2.45) is 0 Å². The first-order valence-electron chi connectivity index (χ1n) is 9.21. The van der Waals surface area contributed by atoms with Crippen molar-refractivity contribution >= 4 is 44.8 Å². The van der Waals surface area contributed by atoms with Gasteiger partial charge in [0.05, 0.1) is 16.5 Å². The first-order valence-corrected chi connectivity index (χ1v) is 11.4. The van der Waals surface area contributed by atoms with Gasteiger partial charge >= 0.3 is 0 Å². The minimum atomic E-state index is -3.99. The van der Waals surface area contributed by atoms with Crippen LogP contribution in [0.15, 0.2) is 71.6 Å². The first-order chi connectivity index (χ1) is 14.6. The Balaban J connectivity index is 1.88. The molecule has 0 heterocycles. The van der Waals surface area contributed by atoms with E-state index in [1.54, 1.807) is 36.4 Å². The van der Waals surface area contributed by atoms with Gasteiger partial charge in [0.2, 0.25) is 15.9 Å². The Bertz CT molecular complexity index is 1200. The number of anilines is 1. The fourth-order valence-corrected chi connectivity index (χ4v) is 4.64. The van der Waals surface area contributed by atoms with Gasteiger partial charge < -0.3 is 5.32 Å². The molecule has 162 valence electrons. The lowest BCUT2D eigenvalue weighted by Crippen LogP contribution is -2.37. The van der Waals surface area contributed by atoms with E-state index >= 15 is 0 Å². The molecule has 0 aliphatic carbocycles. The fraction of sp³-hybridized carbons (Fsp3) is 0.136. The van der Waals surface area contributed by atoms with Crippen LogP contribution in [0.1, 0.15) is 11.1 Å². The predicted octanol–water partition coefficient (Wildman–Crippen LogP) is 5.27. The second-order valence-corrected chi connectivity index (χ2v) is 9.67. The van der Waals surface area contributed by atoms with E-state index in [0.717, 1.165) is 15.9 Å². The van der Waals surface area contributed by atoms with E-state index < -0.39 is 28.3 Å². The zero-order chi connectivity index (χ0) is 22.6. The van der Waals surface area contributed by atoms with E-state index in [1.165, 1.54) is 24.3 Å². The first kappa shape index (κ1) is 23.2. The van der Waals surface area contributed by atoms with Crippen LogP contribution >= 0.6 is 23.2 Å². The zero-order valence-corrected chi connectivity index (χ0v) is 18.8. The number of hydrogen-bond acceptors (Lipinski definition) is 3. The Kier molecular flexibility index (Phi) is 7.33. The second-order valence-electron chi connectivity index (χ2n) is 6.89. The normalized spacial score (nSPS) is 11.5. The van der Waals surface area contributed by atoms with Crippen molar-refractivity contribution in [2.45, 2.75) is 18.4 Å². The molecule has 3 rings (SSSR count). The summed E-state index contributed by atoms with van der Waals surface area (Å²) in [6.45, 7) is 1.33. The third kappa shape index (κ3) is 6.04. The number of nitrogens with one attached hydrogen (secondary N) is 1. The molecule has 1 amide bonds. The van der Waals surface area contributed by atoms with Crippen molar-refractivity contribution in [2.75, 3.05) is 11.9 Å². The number of carbonyl (C=O) groups is 1. The summed E-state index contributed by atoms with van der Waals surface area (Å²) in [6.07, 6.45) is 0. The summed E-state index contributed by atoms with van der Waals surface area (Å²) in [5.74, 6) is -1.22. The third-order valence-electron chi connectivity index (χ3n) is 4.43. The molecule has 5 nitrogen and oxygen atoms in total. The molecule has 31 heavy (non-hydrogen) atoms. The Labute approximate surface area is 190 Å². The van der Waals surface area contributed by atoms with Gasteiger partial charge in [-0.25, -0.2) is 12.8 Å². The standard InChI is InChI=1S/C22H19Cl2FN2O3S/c1-15-5-8-19(9-6-15)31(29,30)27(13-16-3-2-4-17(23)11-16)14-22(28)26-18-7-10-21(25)20(24)12-18/h2-12H,13-14H2,1H3,(H,26,28). The predicted molar refractivity (Wildman–Crippen MR) is 120 cm³/mol. The molecule has 0 unspecified atom stereocenters. The summed E-state index contributed by atoms with van der Waals surface area (Å²) in [5, 5.41) is 2.85. The molecule has 0 radical (unpaired) electrons. The molecule has 0 saturated heterocycles. The summed E-state index contributed by atoms with van der Waals surface area (Å²) in [4.78, 5) is 12.7. The van der Waals surface area contributed by atoms with Gasteiger partial charge in [0.15, 0.2) is 0 Å². The Morgan fingerprint density at radius 3 is 2.39 bits per heavy atom. The van der Waals surface area contributed by atoms with Crippen LogP contribution in [0.4, 0.5) is 10.1 Å². The van der Waals surface area contributed by atoms with E-state index in [0.29, 0.717) is 10.6 Å². The van der Waals surface area contributed by atoms with Crippen LogP contribution in [0.25, 0.3) is 0 Å². The lowest BCUT2D eigenvalue weighted by molar-refractivity contribution is -0.116. The molecule has 0 fully saturated rings. The molecule has 0 spiro atoms. The van der Waals surface area contributed by atoms with Crippen LogP contribution in [0, 0.1) is 12.7 Å². The number of aryl methyl sites for hydroxylation is 1. The number of nitrogens with zero attached hydrogens (tertiary/aromatic N) is 1. The number of sulfonamides is 1. The lowest BCUT2D eigenvalue weighted by atomic mass is 10.2. The van der Waals surface area contributed by atoms with Crippen LogP contribution in [0.2, 0.25) is 10.0 Å². The number of halogens is 3. The molecule has 0 aliphatic rings. The Hall–Kier alpha value is -2.45. The lowest BCUT2D eigenvalue weighted by Gasteiger charge is -2.22. The molecule has 0 bridgehead atoms. The summed E-state index contributed by atoms with van der Waals surface area (Å²) in [7, 11) is -3.99. The van der Waals surface area contributed by atoms with E-state index in [9.17, 15) is 17.6 Å². The second kappa shape index (κ2) is 9.78.